The summed E-state index contributed by atoms with van der Waals surface area (Å²) in [4.78, 5) is 15.9. The molecular formula is C32H22F3NO3. The number of aromatic nitrogens is 1. The summed E-state index contributed by atoms with van der Waals surface area (Å²) < 4.78 is 44.6. The van der Waals surface area contributed by atoms with Crippen LogP contribution in [0.25, 0.3) is 33.6 Å². The summed E-state index contributed by atoms with van der Waals surface area (Å²) in [7, 11) is 0. The third-order valence-corrected chi connectivity index (χ3v) is 6.23. The maximum absolute atomic E-state index is 12.8. The van der Waals surface area contributed by atoms with E-state index in [1.165, 1.54) is 12.1 Å². The first kappa shape index (κ1) is 25.7. The maximum Gasteiger partial charge on any atom is 0.416 e. The number of hydrogen-bond acceptors (Lipinski definition) is 3. The van der Waals surface area contributed by atoms with Crippen LogP contribution in [0.1, 0.15) is 21.5 Å². The molecule has 0 saturated carbocycles. The summed E-state index contributed by atoms with van der Waals surface area (Å²) in [6, 6.07) is 32.3. The van der Waals surface area contributed by atoms with Crippen molar-refractivity contribution in [2.75, 3.05) is 0 Å². The number of carboxylic acid groups (broad SMARTS) is 1. The lowest BCUT2D eigenvalue weighted by atomic mass is 10.0. The molecule has 0 unspecified atom stereocenters. The first-order valence-electron chi connectivity index (χ1n) is 12.1. The van der Waals surface area contributed by atoms with E-state index in [-0.39, 0.29) is 5.56 Å². The third kappa shape index (κ3) is 5.99. The average Bonchev–Trinajstić information content (AvgIpc) is 2.96. The fourth-order valence-corrected chi connectivity index (χ4v) is 4.14. The number of ether oxygens (including phenoxy) is 1. The zero-order valence-electron chi connectivity index (χ0n) is 20.5. The van der Waals surface area contributed by atoms with Gasteiger partial charge in [0.15, 0.2) is 0 Å². The molecule has 4 nitrogen and oxygen atoms in total. The number of carboxylic acids is 1. The van der Waals surface area contributed by atoms with Crippen molar-refractivity contribution < 1.29 is 27.8 Å². The maximum atomic E-state index is 12.8. The molecule has 0 aliphatic rings. The lowest BCUT2D eigenvalue weighted by Gasteiger charge is -2.13. The molecule has 0 bridgehead atoms. The molecule has 39 heavy (non-hydrogen) atoms. The quantitative estimate of drug-likeness (QED) is 0.232. The number of rotatable bonds is 7. The van der Waals surface area contributed by atoms with Gasteiger partial charge in [0.25, 0.3) is 0 Å². The molecule has 4 aromatic carbocycles. The molecule has 1 heterocycles. The van der Waals surface area contributed by atoms with Crippen LogP contribution in [0.5, 0.6) is 5.75 Å². The molecule has 0 saturated heterocycles. The molecule has 0 aliphatic heterocycles. The van der Waals surface area contributed by atoms with Gasteiger partial charge in [-0.2, -0.15) is 13.2 Å². The first-order valence-corrected chi connectivity index (χ1v) is 12.1. The van der Waals surface area contributed by atoms with Crippen LogP contribution in [-0.2, 0) is 12.8 Å². The van der Waals surface area contributed by atoms with Gasteiger partial charge in [-0.1, -0.05) is 66.7 Å². The Morgan fingerprint density at radius 2 is 1.28 bits per heavy atom. The number of benzene rings is 4. The Hall–Kier alpha value is -4.91. The Labute approximate surface area is 223 Å². The largest absolute Gasteiger partial charge is 0.488 e. The number of aromatic carboxylic acids is 1. The van der Waals surface area contributed by atoms with E-state index in [2.05, 4.69) is 0 Å². The van der Waals surface area contributed by atoms with Gasteiger partial charge in [-0.15, -0.1) is 0 Å². The van der Waals surface area contributed by atoms with Crippen molar-refractivity contribution in [3.8, 4) is 39.4 Å². The summed E-state index contributed by atoms with van der Waals surface area (Å²) >= 11 is 0. The number of carbonyl (C=O) groups is 1. The van der Waals surface area contributed by atoms with Crippen molar-refractivity contribution >= 4 is 5.97 Å². The highest BCUT2D eigenvalue weighted by atomic mass is 19.4. The number of para-hydroxylation sites is 1. The summed E-state index contributed by atoms with van der Waals surface area (Å²) in [6.45, 7) is 0.292. The van der Waals surface area contributed by atoms with Gasteiger partial charge in [-0.25, -0.2) is 9.78 Å². The monoisotopic (exact) mass is 525 g/mol. The second kappa shape index (κ2) is 10.8. The van der Waals surface area contributed by atoms with Gasteiger partial charge in [0.05, 0.1) is 22.5 Å². The van der Waals surface area contributed by atoms with E-state index in [1.807, 2.05) is 66.7 Å². The lowest BCUT2D eigenvalue weighted by Crippen LogP contribution is -2.04. The van der Waals surface area contributed by atoms with E-state index < -0.39 is 17.7 Å². The normalized spacial score (nSPS) is 11.3. The van der Waals surface area contributed by atoms with Crippen molar-refractivity contribution in [3.63, 3.8) is 0 Å². The van der Waals surface area contributed by atoms with E-state index in [9.17, 15) is 18.0 Å². The van der Waals surface area contributed by atoms with Crippen LogP contribution in [0.2, 0.25) is 0 Å². The molecular weight excluding hydrogens is 503 g/mol. The molecule has 5 aromatic rings. The zero-order valence-corrected chi connectivity index (χ0v) is 20.5. The summed E-state index contributed by atoms with van der Waals surface area (Å²) in [6.07, 6.45) is -4.36. The van der Waals surface area contributed by atoms with Crippen molar-refractivity contribution in [3.05, 3.63) is 132 Å². The lowest BCUT2D eigenvalue weighted by molar-refractivity contribution is -0.137. The smallest absolute Gasteiger partial charge is 0.416 e. The minimum absolute atomic E-state index is 0.209. The van der Waals surface area contributed by atoms with Crippen molar-refractivity contribution in [2.24, 2.45) is 0 Å². The molecule has 0 atom stereocenters. The molecule has 1 aromatic heterocycles. The minimum atomic E-state index is -4.36. The van der Waals surface area contributed by atoms with Crippen LogP contribution in [-0.4, -0.2) is 16.1 Å². The van der Waals surface area contributed by atoms with Crippen LogP contribution in [0.4, 0.5) is 13.2 Å². The predicted octanol–water partition coefficient (Wildman–Crippen LogP) is 8.38. The SMILES string of the molecule is O=C(O)c1ccc(-c2cccc(-c3ccccc3OCc3ccc(-c4ccc(C(F)(F)F)cc4)cc3)n2)cc1. The summed E-state index contributed by atoms with van der Waals surface area (Å²) in [5, 5.41) is 9.14. The molecule has 0 aliphatic carbocycles. The van der Waals surface area contributed by atoms with E-state index >= 15 is 0 Å². The Bertz CT molecular complexity index is 1590. The van der Waals surface area contributed by atoms with Crippen molar-refractivity contribution in [1.82, 2.24) is 4.98 Å². The second-order valence-electron chi connectivity index (χ2n) is 8.85. The van der Waals surface area contributed by atoms with Crippen LogP contribution in [0, 0.1) is 0 Å². The zero-order chi connectivity index (χ0) is 27.4. The highest BCUT2D eigenvalue weighted by molar-refractivity contribution is 5.88. The molecule has 5 rings (SSSR count). The predicted molar refractivity (Wildman–Crippen MR) is 143 cm³/mol. The van der Waals surface area contributed by atoms with Crippen molar-refractivity contribution in [2.45, 2.75) is 12.8 Å². The molecule has 7 heteroatoms. The number of alkyl halides is 3. The van der Waals surface area contributed by atoms with Crippen LogP contribution in [0.3, 0.4) is 0 Å². The molecule has 0 fully saturated rings. The van der Waals surface area contributed by atoms with Crippen LogP contribution < -0.4 is 4.74 Å². The molecule has 0 spiro atoms. The third-order valence-electron chi connectivity index (χ3n) is 6.23. The standard InChI is InChI=1S/C32H22F3NO3/c33-32(34,35)26-18-16-23(17-19-26)22-10-8-21(9-11-22)20-39-30-7-2-1-4-27(30)29-6-3-5-28(36-29)24-12-14-25(15-13-24)31(37)38/h1-19H,20H2,(H,37,38). The Morgan fingerprint density at radius 3 is 1.92 bits per heavy atom. The Kier molecular flexibility index (Phi) is 7.14. The van der Waals surface area contributed by atoms with Gasteiger partial charge in [0.2, 0.25) is 0 Å². The first-order chi connectivity index (χ1) is 18.8. The van der Waals surface area contributed by atoms with E-state index in [0.29, 0.717) is 29.3 Å². The molecule has 1 N–H and O–H groups in total. The molecule has 0 amide bonds. The average molecular weight is 526 g/mol. The second-order valence-corrected chi connectivity index (χ2v) is 8.85. The molecule has 194 valence electrons. The Morgan fingerprint density at radius 1 is 0.692 bits per heavy atom. The number of hydrogen-bond donors (Lipinski definition) is 1. The number of pyridine rings is 1. The van der Waals surface area contributed by atoms with Crippen LogP contribution in [0.15, 0.2) is 115 Å². The van der Waals surface area contributed by atoms with Gasteiger partial charge in [-0.05, 0) is 65.2 Å². The van der Waals surface area contributed by atoms with E-state index in [4.69, 9.17) is 14.8 Å². The highest BCUT2D eigenvalue weighted by Crippen LogP contribution is 2.32. The molecule has 0 radical (unpaired) electrons. The summed E-state index contributed by atoms with van der Waals surface area (Å²) in [5.74, 6) is -0.334. The van der Waals surface area contributed by atoms with Crippen LogP contribution >= 0.6 is 0 Å². The minimum Gasteiger partial charge on any atom is -0.488 e. The van der Waals surface area contributed by atoms with Gasteiger partial charge >= 0.3 is 12.1 Å². The Balaban J connectivity index is 1.31. The van der Waals surface area contributed by atoms with Gasteiger partial charge in [-0.3, -0.25) is 0 Å². The topological polar surface area (TPSA) is 59.4 Å². The van der Waals surface area contributed by atoms with E-state index in [0.717, 1.165) is 34.4 Å². The van der Waals surface area contributed by atoms with Crippen molar-refractivity contribution in [1.29, 1.82) is 0 Å². The van der Waals surface area contributed by atoms with Gasteiger partial charge in [0, 0.05) is 11.1 Å². The summed E-state index contributed by atoms with van der Waals surface area (Å²) in [5.41, 5.74) is 4.97. The van der Waals surface area contributed by atoms with Gasteiger partial charge in [0.1, 0.15) is 12.4 Å². The fourth-order valence-electron chi connectivity index (χ4n) is 4.14. The van der Waals surface area contributed by atoms with E-state index in [1.54, 1.807) is 24.3 Å². The fraction of sp³-hybridized carbons (Fsp3) is 0.0625. The number of nitrogens with zero attached hydrogens (tertiary/aromatic N) is 1. The van der Waals surface area contributed by atoms with Gasteiger partial charge < -0.3 is 9.84 Å². The number of halogens is 3. The highest BCUT2D eigenvalue weighted by Gasteiger charge is 2.29.